The molecule has 4 aromatic rings. The zero-order chi connectivity index (χ0) is 23.1. The van der Waals surface area contributed by atoms with Gasteiger partial charge in [0.25, 0.3) is 0 Å². The smallest absolute Gasteiger partial charge is 0.239 e. The lowest BCUT2D eigenvalue weighted by Crippen LogP contribution is -2.17. The molecule has 0 atom stereocenters. The Morgan fingerprint density at radius 1 is 0.969 bits per heavy atom. The van der Waals surface area contributed by atoms with E-state index >= 15 is 0 Å². The molecule has 166 valence electrons. The molecule has 1 heterocycles. The highest BCUT2D eigenvalue weighted by Crippen LogP contribution is 2.34. The molecule has 32 heavy (non-hydrogen) atoms. The summed E-state index contributed by atoms with van der Waals surface area (Å²) in [7, 11) is -8.13. The van der Waals surface area contributed by atoms with Gasteiger partial charge in [0.1, 0.15) is 4.90 Å². The van der Waals surface area contributed by atoms with Gasteiger partial charge >= 0.3 is 0 Å². The van der Waals surface area contributed by atoms with Crippen molar-refractivity contribution in [1.29, 1.82) is 0 Å². The van der Waals surface area contributed by atoms with Crippen molar-refractivity contribution in [2.45, 2.75) is 22.6 Å². The quantitative estimate of drug-likeness (QED) is 0.427. The molecule has 0 amide bonds. The normalized spacial score (nSPS) is 12.3. The van der Waals surface area contributed by atoms with Crippen molar-refractivity contribution in [2.75, 3.05) is 6.26 Å². The van der Waals surface area contributed by atoms with Gasteiger partial charge in [-0.05, 0) is 54.3 Å². The summed E-state index contributed by atoms with van der Waals surface area (Å²) in [6, 6.07) is 17.1. The minimum Gasteiger partial charge on any atom is -0.281 e. The highest BCUT2D eigenvalue weighted by molar-refractivity contribution is 7.93. The van der Waals surface area contributed by atoms with Gasteiger partial charge in [-0.25, -0.2) is 22.0 Å². The Morgan fingerprint density at radius 3 is 2.34 bits per heavy atom. The molecule has 3 N–H and O–H groups in total. The first-order chi connectivity index (χ1) is 15.0. The Labute approximate surface area is 191 Å². The predicted molar refractivity (Wildman–Crippen MR) is 125 cm³/mol. The van der Waals surface area contributed by atoms with E-state index in [1.165, 1.54) is 12.1 Å². The monoisotopic (exact) mass is 489 g/mol. The molecule has 3 aromatic carbocycles. The van der Waals surface area contributed by atoms with E-state index in [4.69, 9.17) is 16.7 Å². The number of rotatable bonds is 6. The Bertz CT molecular complexity index is 1530. The van der Waals surface area contributed by atoms with Gasteiger partial charge in [0, 0.05) is 27.9 Å². The van der Waals surface area contributed by atoms with Crippen LogP contribution in [0, 0.1) is 0 Å². The van der Waals surface area contributed by atoms with Gasteiger partial charge < -0.3 is 0 Å². The number of aryl methyl sites for hydroxylation is 2. The van der Waals surface area contributed by atoms with Gasteiger partial charge in [0.15, 0.2) is 9.84 Å². The molecule has 0 saturated carbocycles. The summed E-state index contributed by atoms with van der Waals surface area (Å²) in [6.45, 7) is 0. The largest absolute Gasteiger partial charge is 0.281 e. The molecule has 10 heteroatoms. The number of nitrogens with two attached hydrogens (primary N) is 1. The van der Waals surface area contributed by atoms with Gasteiger partial charge in [0.05, 0.1) is 10.4 Å². The number of nitrogens with zero attached hydrogens (tertiary/aromatic N) is 1. The molecule has 1 aromatic heterocycles. The summed E-state index contributed by atoms with van der Waals surface area (Å²) in [4.78, 5) is -0.735. The molecular weight excluding hydrogens is 470 g/mol. The maximum atomic E-state index is 12.5. The number of fused-ring (bicyclic) bond motifs is 1. The van der Waals surface area contributed by atoms with Crippen LogP contribution in [0.4, 0.5) is 0 Å². The average Bonchev–Trinajstić information content (AvgIpc) is 3.14. The van der Waals surface area contributed by atoms with Crippen LogP contribution in [0.15, 0.2) is 70.5 Å². The topological polar surface area (TPSA) is 123 Å². The highest BCUT2D eigenvalue weighted by atomic mass is 35.5. The van der Waals surface area contributed by atoms with Crippen LogP contribution < -0.4 is 5.14 Å². The number of aromatic nitrogens is 2. The molecule has 0 fully saturated rings. The summed E-state index contributed by atoms with van der Waals surface area (Å²) in [5.41, 5.74) is 3.56. The Balaban J connectivity index is 1.80. The Hall–Kier alpha value is -2.72. The number of H-pyrrole nitrogens is 1. The number of benzene rings is 3. The van der Waals surface area contributed by atoms with E-state index in [1.54, 1.807) is 18.2 Å². The fourth-order valence-electron chi connectivity index (χ4n) is 3.69. The molecule has 0 unspecified atom stereocenters. The third kappa shape index (κ3) is 4.56. The second kappa shape index (κ2) is 8.32. The maximum absolute atomic E-state index is 12.5. The standard InChI is InChI=1S/C22H20ClN3O4S2/c1-31(27,28)22-17(3-2-4-21(22)32(24,29)30)15-8-12-20-18(13-15)19(25-26-20)11-7-14-5-9-16(23)10-6-14/h2-6,8-10,12-13H,7,11H2,1H3,(H,25,26)(H2,24,29,30). The number of hydrogen-bond acceptors (Lipinski definition) is 5. The van der Waals surface area contributed by atoms with Crippen molar-refractivity contribution in [3.8, 4) is 11.1 Å². The molecule has 4 rings (SSSR count). The van der Waals surface area contributed by atoms with Gasteiger partial charge in [0.2, 0.25) is 10.0 Å². The molecule has 0 spiro atoms. The van der Waals surface area contributed by atoms with Crippen molar-refractivity contribution >= 4 is 42.4 Å². The summed E-state index contributed by atoms with van der Waals surface area (Å²) in [5, 5.41) is 14.2. The lowest BCUT2D eigenvalue weighted by Gasteiger charge is -2.12. The summed E-state index contributed by atoms with van der Waals surface area (Å²) in [6.07, 6.45) is 2.40. The fourth-order valence-corrected chi connectivity index (χ4v) is 6.28. The second-order valence-electron chi connectivity index (χ2n) is 7.51. The first-order valence-electron chi connectivity index (χ1n) is 9.62. The number of hydrogen-bond donors (Lipinski definition) is 2. The zero-order valence-electron chi connectivity index (χ0n) is 17.0. The lowest BCUT2D eigenvalue weighted by molar-refractivity contribution is 0.586. The van der Waals surface area contributed by atoms with Crippen LogP contribution in [-0.2, 0) is 32.7 Å². The summed E-state index contributed by atoms with van der Waals surface area (Å²) >= 11 is 5.94. The number of aromatic amines is 1. The lowest BCUT2D eigenvalue weighted by atomic mass is 10.0. The molecule has 0 saturated heterocycles. The van der Waals surface area contributed by atoms with Crippen LogP contribution in [0.5, 0.6) is 0 Å². The van der Waals surface area contributed by atoms with Gasteiger partial charge in [-0.3, -0.25) is 5.10 Å². The second-order valence-corrected chi connectivity index (χ2v) is 11.4. The first-order valence-corrected chi connectivity index (χ1v) is 13.4. The van der Waals surface area contributed by atoms with E-state index in [9.17, 15) is 16.8 Å². The predicted octanol–water partition coefficient (Wildman–Crippen LogP) is 3.72. The molecular formula is C22H20ClN3O4S2. The van der Waals surface area contributed by atoms with Crippen molar-refractivity contribution in [3.63, 3.8) is 0 Å². The number of halogens is 1. The van der Waals surface area contributed by atoms with E-state index in [0.29, 0.717) is 17.0 Å². The molecule has 0 aliphatic rings. The maximum Gasteiger partial charge on any atom is 0.239 e. The number of nitrogens with one attached hydrogen (secondary N) is 1. The number of primary sulfonamides is 1. The van der Waals surface area contributed by atoms with Crippen molar-refractivity contribution in [1.82, 2.24) is 10.2 Å². The minimum absolute atomic E-state index is 0.269. The Kier molecular flexibility index (Phi) is 5.85. The summed E-state index contributed by atoms with van der Waals surface area (Å²) in [5.74, 6) is 0. The third-order valence-corrected chi connectivity index (χ3v) is 7.69. The van der Waals surface area contributed by atoms with Gasteiger partial charge in [-0.15, -0.1) is 0 Å². The van der Waals surface area contributed by atoms with E-state index < -0.39 is 24.8 Å². The van der Waals surface area contributed by atoms with Gasteiger partial charge in [-0.2, -0.15) is 5.10 Å². The molecule has 0 aliphatic heterocycles. The van der Waals surface area contributed by atoms with Crippen LogP contribution in [0.2, 0.25) is 5.02 Å². The third-order valence-electron chi connectivity index (χ3n) is 5.18. The van der Waals surface area contributed by atoms with Crippen LogP contribution >= 0.6 is 11.6 Å². The van der Waals surface area contributed by atoms with Crippen LogP contribution in [-0.4, -0.2) is 33.3 Å². The molecule has 7 nitrogen and oxygen atoms in total. The van der Waals surface area contributed by atoms with E-state index in [1.807, 2.05) is 30.3 Å². The molecule has 0 bridgehead atoms. The average molecular weight is 490 g/mol. The van der Waals surface area contributed by atoms with Crippen LogP contribution in [0.1, 0.15) is 11.3 Å². The highest BCUT2D eigenvalue weighted by Gasteiger charge is 2.25. The molecule has 0 aliphatic carbocycles. The first kappa shape index (κ1) is 22.5. The van der Waals surface area contributed by atoms with E-state index in [-0.39, 0.29) is 10.5 Å². The van der Waals surface area contributed by atoms with E-state index in [0.717, 1.165) is 34.8 Å². The van der Waals surface area contributed by atoms with Crippen LogP contribution in [0.3, 0.4) is 0 Å². The molecule has 0 radical (unpaired) electrons. The number of sulfone groups is 1. The van der Waals surface area contributed by atoms with Crippen molar-refractivity contribution < 1.29 is 16.8 Å². The van der Waals surface area contributed by atoms with Crippen molar-refractivity contribution in [3.05, 3.63) is 76.9 Å². The zero-order valence-corrected chi connectivity index (χ0v) is 19.4. The van der Waals surface area contributed by atoms with E-state index in [2.05, 4.69) is 10.2 Å². The SMILES string of the molecule is CS(=O)(=O)c1c(-c2ccc3n[nH]c(CCc4ccc(Cl)cc4)c3c2)cccc1S(N)(=O)=O. The van der Waals surface area contributed by atoms with Gasteiger partial charge in [-0.1, -0.05) is 41.9 Å². The Morgan fingerprint density at radius 2 is 1.69 bits per heavy atom. The van der Waals surface area contributed by atoms with Crippen LogP contribution in [0.25, 0.3) is 22.0 Å². The fraction of sp³-hybridized carbons (Fsp3) is 0.136. The number of sulfonamides is 1. The minimum atomic E-state index is -4.24. The summed E-state index contributed by atoms with van der Waals surface area (Å²) < 4.78 is 49.1. The van der Waals surface area contributed by atoms with Crippen molar-refractivity contribution in [2.24, 2.45) is 5.14 Å².